The molecule has 0 fully saturated rings. The summed E-state index contributed by atoms with van der Waals surface area (Å²) in [6.45, 7) is 3.97. The van der Waals surface area contributed by atoms with Crippen molar-refractivity contribution in [2.45, 2.75) is 19.4 Å². The van der Waals surface area contributed by atoms with E-state index in [0.29, 0.717) is 5.92 Å². The Hall–Kier alpha value is -0.610. The highest BCUT2D eigenvalue weighted by Gasteiger charge is 2.15. The molecule has 0 amide bonds. The van der Waals surface area contributed by atoms with Gasteiger partial charge in [0.2, 0.25) is 5.56 Å². The highest BCUT2D eigenvalue weighted by molar-refractivity contribution is 8.93. The van der Waals surface area contributed by atoms with E-state index in [-0.39, 0.29) is 22.5 Å². The van der Waals surface area contributed by atoms with Crippen molar-refractivity contribution in [3.8, 4) is 0 Å². The van der Waals surface area contributed by atoms with Crippen LogP contribution in [0.3, 0.4) is 0 Å². The molecular weight excluding hydrogens is 232 g/mol. The van der Waals surface area contributed by atoms with Gasteiger partial charge in [0.05, 0.1) is 0 Å². The molecule has 72 valence electrons. The van der Waals surface area contributed by atoms with Crippen molar-refractivity contribution < 1.29 is 0 Å². The monoisotopic (exact) mass is 244 g/mol. The first kappa shape index (κ1) is 10.5. The van der Waals surface area contributed by atoms with Crippen molar-refractivity contribution in [3.05, 3.63) is 33.7 Å². The predicted molar refractivity (Wildman–Crippen MR) is 57.5 cm³/mol. The number of fused-ring (bicyclic) bond motifs is 1. The van der Waals surface area contributed by atoms with E-state index in [1.165, 1.54) is 11.1 Å². The van der Waals surface area contributed by atoms with E-state index < -0.39 is 0 Å². The summed E-state index contributed by atoms with van der Waals surface area (Å²) in [6.07, 6.45) is 1.81. The van der Waals surface area contributed by atoms with E-state index in [0.717, 1.165) is 13.1 Å². The Labute approximate surface area is 87.3 Å². The summed E-state index contributed by atoms with van der Waals surface area (Å²) in [5.41, 5.74) is 2.41. The molecule has 1 aliphatic rings. The normalized spacial score (nSPS) is 20.2. The van der Waals surface area contributed by atoms with E-state index in [2.05, 4.69) is 17.2 Å². The molecule has 1 unspecified atom stereocenters. The number of nitrogens with one attached hydrogen (secondary N) is 2. The minimum absolute atomic E-state index is 0. The molecule has 13 heavy (non-hydrogen) atoms. The molecule has 1 aromatic heterocycles. The number of pyridine rings is 1. The molecule has 0 spiro atoms. The molecule has 2 heterocycles. The zero-order chi connectivity index (χ0) is 8.55. The third-order valence-electron chi connectivity index (χ3n) is 2.34. The van der Waals surface area contributed by atoms with Crippen LogP contribution in [-0.4, -0.2) is 11.5 Å². The molecule has 0 aromatic carbocycles. The highest BCUT2D eigenvalue weighted by Crippen LogP contribution is 2.20. The van der Waals surface area contributed by atoms with Gasteiger partial charge in [0.1, 0.15) is 0 Å². The lowest BCUT2D eigenvalue weighted by atomic mass is 9.94. The second-order valence-electron chi connectivity index (χ2n) is 3.31. The molecule has 2 rings (SSSR count). The fourth-order valence-corrected chi connectivity index (χ4v) is 1.66. The molecule has 0 bridgehead atoms. The van der Waals surface area contributed by atoms with Crippen LogP contribution in [0.15, 0.2) is 17.1 Å². The fourth-order valence-electron chi connectivity index (χ4n) is 1.66. The summed E-state index contributed by atoms with van der Waals surface area (Å²) in [6, 6.07) is 1.71. The maximum Gasteiger partial charge on any atom is 0.248 e. The van der Waals surface area contributed by atoms with Gasteiger partial charge >= 0.3 is 0 Å². The van der Waals surface area contributed by atoms with Crippen LogP contribution in [0.5, 0.6) is 0 Å². The van der Waals surface area contributed by atoms with E-state index >= 15 is 0 Å². The van der Waals surface area contributed by atoms with Crippen LogP contribution in [0.2, 0.25) is 0 Å². The predicted octanol–water partition coefficient (Wildman–Crippen LogP) is 1.16. The Balaban J connectivity index is 0.000000845. The topological polar surface area (TPSA) is 44.9 Å². The van der Waals surface area contributed by atoms with Crippen LogP contribution in [0.25, 0.3) is 0 Å². The number of H-pyrrole nitrogens is 1. The van der Waals surface area contributed by atoms with Crippen LogP contribution in [0.1, 0.15) is 24.0 Å². The van der Waals surface area contributed by atoms with Gasteiger partial charge in [0.25, 0.3) is 0 Å². The van der Waals surface area contributed by atoms with E-state index in [1.807, 2.05) is 0 Å². The Kier molecular flexibility index (Phi) is 3.27. The van der Waals surface area contributed by atoms with Gasteiger partial charge in [-0.25, -0.2) is 0 Å². The van der Waals surface area contributed by atoms with Crippen molar-refractivity contribution in [3.63, 3.8) is 0 Å². The minimum atomic E-state index is 0. The summed E-state index contributed by atoms with van der Waals surface area (Å²) in [5, 5.41) is 3.29. The quantitative estimate of drug-likeness (QED) is 0.720. The molecule has 0 saturated carbocycles. The molecule has 0 radical (unpaired) electrons. The van der Waals surface area contributed by atoms with E-state index in [4.69, 9.17) is 0 Å². The highest BCUT2D eigenvalue weighted by atomic mass is 79.9. The van der Waals surface area contributed by atoms with Crippen molar-refractivity contribution in [1.82, 2.24) is 10.3 Å². The molecular formula is C9H13BrN2O. The Morgan fingerprint density at radius 3 is 3.08 bits per heavy atom. The van der Waals surface area contributed by atoms with Crippen LogP contribution >= 0.6 is 17.0 Å². The standard InChI is InChI=1S/C9H12N2O.BrH/c1-6-3-10-4-7-5-11-9(12)2-8(6)7;/h2,5-6,10H,3-4H2,1H3,(H,11,12);1H. The number of aromatic nitrogens is 1. The molecule has 1 atom stereocenters. The van der Waals surface area contributed by atoms with E-state index in [1.54, 1.807) is 12.3 Å². The molecule has 2 N–H and O–H groups in total. The van der Waals surface area contributed by atoms with Gasteiger partial charge < -0.3 is 10.3 Å². The largest absolute Gasteiger partial charge is 0.329 e. The van der Waals surface area contributed by atoms with Gasteiger partial charge in [-0.1, -0.05) is 6.92 Å². The van der Waals surface area contributed by atoms with Crippen molar-refractivity contribution in [2.24, 2.45) is 0 Å². The van der Waals surface area contributed by atoms with Gasteiger partial charge in [-0.15, -0.1) is 17.0 Å². The molecule has 0 saturated heterocycles. The zero-order valence-corrected chi connectivity index (χ0v) is 9.18. The summed E-state index contributed by atoms with van der Waals surface area (Å²) in [4.78, 5) is 13.7. The Morgan fingerprint density at radius 1 is 1.54 bits per heavy atom. The van der Waals surface area contributed by atoms with Crippen molar-refractivity contribution >= 4 is 17.0 Å². The van der Waals surface area contributed by atoms with Gasteiger partial charge in [0, 0.05) is 25.4 Å². The lowest BCUT2D eigenvalue weighted by molar-refractivity contribution is 0.568. The summed E-state index contributed by atoms with van der Waals surface area (Å²) < 4.78 is 0. The average Bonchev–Trinajstić information content (AvgIpc) is 2.07. The maximum atomic E-state index is 11.0. The fraction of sp³-hybridized carbons (Fsp3) is 0.444. The van der Waals surface area contributed by atoms with Crippen LogP contribution in [0, 0.1) is 0 Å². The third-order valence-corrected chi connectivity index (χ3v) is 2.34. The second kappa shape index (κ2) is 4.07. The molecule has 1 aliphatic heterocycles. The number of aromatic amines is 1. The lowest BCUT2D eigenvalue weighted by Crippen LogP contribution is -2.28. The Bertz CT molecular complexity index is 348. The Morgan fingerprint density at radius 2 is 2.31 bits per heavy atom. The maximum absolute atomic E-state index is 11.0. The van der Waals surface area contributed by atoms with Crippen molar-refractivity contribution in [1.29, 1.82) is 0 Å². The molecule has 3 nitrogen and oxygen atoms in total. The minimum Gasteiger partial charge on any atom is -0.329 e. The second-order valence-corrected chi connectivity index (χ2v) is 3.31. The third kappa shape index (κ3) is 2.00. The summed E-state index contributed by atoms with van der Waals surface area (Å²) in [7, 11) is 0. The van der Waals surface area contributed by atoms with Crippen LogP contribution in [0.4, 0.5) is 0 Å². The smallest absolute Gasteiger partial charge is 0.248 e. The van der Waals surface area contributed by atoms with Crippen LogP contribution < -0.4 is 10.9 Å². The lowest BCUT2D eigenvalue weighted by Gasteiger charge is -2.22. The average molecular weight is 245 g/mol. The number of hydrogen-bond acceptors (Lipinski definition) is 2. The van der Waals surface area contributed by atoms with Gasteiger partial charge in [-0.3, -0.25) is 4.79 Å². The van der Waals surface area contributed by atoms with E-state index in [9.17, 15) is 4.79 Å². The van der Waals surface area contributed by atoms with Crippen LogP contribution in [-0.2, 0) is 6.54 Å². The summed E-state index contributed by atoms with van der Waals surface area (Å²) in [5.74, 6) is 0.455. The first-order valence-corrected chi connectivity index (χ1v) is 4.19. The van der Waals surface area contributed by atoms with Gasteiger partial charge in [-0.2, -0.15) is 0 Å². The SMILES string of the molecule is Br.CC1CNCc2c[nH]c(=O)cc21. The number of rotatable bonds is 0. The summed E-state index contributed by atoms with van der Waals surface area (Å²) >= 11 is 0. The number of halogens is 1. The first-order chi connectivity index (χ1) is 5.77. The first-order valence-electron chi connectivity index (χ1n) is 4.19. The molecule has 0 aliphatic carbocycles. The number of hydrogen-bond donors (Lipinski definition) is 2. The van der Waals surface area contributed by atoms with Crippen molar-refractivity contribution in [2.75, 3.05) is 6.54 Å². The van der Waals surface area contributed by atoms with Gasteiger partial charge in [-0.05, 0) is 17.0 Å². The van der Waals surface area contributed by atoms with Gasteiger partial charge in [0.15, 0.2) is 0 Å². The molecule has 4 heteroatoms. The zero-order valence-electron chi connectivity index (χ0n) is 7.46. The molecule has 1 aromatic rings.